The van der Waals surface area contributed by atoms with Crippen LogP contribution in [0.15, 0.2) is 40.0 Å². The number of halogens is 3. The summed E-state index contributed by atoms with van der Waals surface area (Å²) in [4.78, 5) is 33.3. The predicted octanol–water partition coefficient (Wildman–Crippen LogP) is 3.89. The Kier molecular flexibility index (Phi) is 8.46. The van der Waals surface area contributed by atoms with Gasteiger partial charge in [0, 0.05) is 35.9 Å². The summed E-state index contributed by atoms with van der Waals surface area (Å²) in [6, 6.07) is 0.822. The number of methoxy groups -OCH3 is 1. The first kappa shape index (κ1) is 29.5. The van der Waals surface area contributed by atoms with Crippen LogP contribution in [0.4, 0.5) is 8.78 Å². The van der Waals surface area contributed by atoms with Gasteiger partial charge in [-0.2, -0.15) is 0 Å². The molecule has 2 atom stereocenters. The Morgan fingerprint density at radius 2 is 1.93 bits per heavy atom. The molecule has 1 unspecified atom stereocenters. The van der Waals surface area contributed by atoms with E-state index in [0.717, 1.165) is 6.07 Å². The number of aromatic nitrogens is 1. The Morgan fingerprint density at radius 3 is 2.56 bits per heavy atom. The van der Waals surface area contributed by atoms with Crippen molar-refractivity contribution in [3.8, 4) is 0 Å². The van der Waals surface area contributed by atoms with Crippen molar-refractivity contribution in [1.82, 2.24) is 14.6 Å². The summed E-state index contributed by atoms with van der Waals surface area (Å²) in [5.41, 5.74) is 0.123. The van der Waals surface area contributed by atoms with Crippen LogP contribution in [0.3, 0.4) is 0 Å². The van der Waals surface area contributed by atoms with Crippen molar-refractivity contribution in [3.05, 3.63) is 62.2 Å². The van der Waals surface area contributed by atoms with E-state index in [-0.39, 0.29) is 48.8 Å². The van der Waals surface area contributed by atoms with Gasteiger partial charge in [0.15, 0.2) is 22.5 Å². The number of amidine groups is 1. The van der Waals surface area contributed by atoms with Gasteiger partial charge in [0.2, 0.25) is 10.0 Å². The minimum absolute atomic E-state index is 0.0125. The first-order chi connectivity index (χ1) is 19.5. The number of rotatable bonds is 7. The van der Waals surface area contributed by atoms with Gasteiger partial charge in [0.25, 0.3) is 0 Å². The highest BCUT2D eigenvalue weighted by atomic mass is 35.5. The number of aliphatic imine (C=N–C) groups is 1. The number of hydrogen-bond acceptors (Lipinski definition) is 9. The molecule has 0 radical (unpaired) electrons. The first-order valence-electron chi connectivity index (χ1n) is 12.9. The van der Waals surface area contributed by atoms with E-state index in [2.05, 4.69) is 15.3 Å². The number of hydrogen-bond donors (Lipinski definition) is 2. The minimum Gasteiger partial charge on any atom is -0.478 e. The van der Waals surface area contributed by atoms with Crippen molar-refractivity contribution in [1.29, 1.82) is 0 Å². The number of nitrogens with zero attached hydrogens (tertiary/aromatic N) is 3. The van der Waals surface area contributed by atoms with Crippen LogP contribution in [0, 0.1) is 23.5 Å². The van der Waals surface area contributed by atoms with Crippen molar-refractivity contribution >= 4 is 50.7 Å². The van der Waals surface area contributed by atoms with Crippen LogP contribution < -0.4 is 5.32 Å². The SMILES string of the molecule is COC(=O)[C@@H]1CCN(S(=O)(=O)C2CCC(C3=C(C(=O)O)C(c4ccc(F)c(F)c4Cl)N=C(c4nccs4)N3)CC2)C1. The second kappa shape index (κ2) is 11.7. The zero-order valence-corrected chi connectivity index (χ0v) is 24.2. The van der Waals surface area contributed by atoms with Gasteiger partial charge >= 0.3 is 11.9 Å². The molecule has 0 amide bonds. The van der Waals surface area contributed by atoms with Crippen LogP contribution in [-0.4, -0.2) is 66.0 Å². The Labute approximate surface area is 244 Å². The van der Waals surface area contributed by atoms with Crippen molar-refractivity contribution in [2.75, 3.05) is 20.2 Å². The second-order valence-electron chi connectivity index (χ2n) is 10.1. The van der Waals surface area contributed by atoms with Gasteiger partial charge in [0.1, 0.15) is 6.04 Å². The van der Waals surface area contributed by atoms with E-state index in [4.69, 9.17) is 16.3 Å². The number of esters is 1. The fraction of sp³-hybridized carbons (Fsp3) is 0.462. The number of carboxylic acids is 1. The summed E-state index contributed by atoms with van der Waals surface area (Å²) in [6.07, 6.45) is 3.18. The molecule has 1 aromatic carbocycles. The Balaban J connectivity index is 1.44. The molecule has 5 rings (SSSR count). The molecule has 41 heavy (non-hydrogen) atoms. The minimum atomic E-state index is -3.69. The van der Waals surface area contributed by atoms with Gasteiger partial charge in [0.05, 0.1) is 28.9 Å². The number of aliphatic carboxylic acids is 1. The van der Waals surface area contributed by atoms with E-state index in [9.17, 15) is 31.9 Å². The monoisotopic (exact) mass is 628 g/mol. The van der Waals surface area contributed by atoms with Crippen molar-refractivity contribution in [3.63, 3.8) is 0 Å². The van der Waals surface area contributed by atoms with E-state index in [1.807, 2.05) is 0 Å². The van der Waals surface area contributed by atoms with Crippen LogP contribution in [0.1, 0.15) is 48.7 Å². The van der Waals surface area contributed by atoms with Crippen LogP contribution in [0.25, 0.3) is 0 Å². The second-order valence-corrected chi connectivity index (χ2v) is 13.6. The standard InChI is InChI=1S/C26H27ClF2N4O6S2/c1-39-26(36)14-8-10-33(12-14)41(37,38)15-4-2-13(3-5-15)21-18(25(34)35)22(16-6-7-17(28)20(29)19(16)27)32-23(31-21)24-30-9-11-40-24/h6-7,9,11,13-15,22H,2-5,8,10,12H2,1H3,(H,31,32)(H,34,35)/t13?,14-,15?,22?/m1/s1. The fourth-order valence-electron chi connectivity index (χ4n) is 5.73. The van der Waals surface area contributed by atoms with E-state index in [0.29, 0.717) is 30.0 Å². The molecule has 10 nitrogen and oxygen atoms in total. The van der Waals surface area contributed by atoms with Gasteiger partial charge in [-0.25, -0.2) is 31.3 Å². The molecule has 3 heterocycles. The molecule has 2 fully saturated rings. The van der Waals surface area contributed by atoms with Crippen molar-refractivity contribution in [2.45, 2.75) is 43.4 Å². The fourth-order valence-corrected chi connectivity index (χ4v) is 8.61. The quantitative estimate of drug-likeness (QED) is 0.348. The number of ether oxygens (including phenoxy) is 1. The van der Waals surface area contributed by atoms with E-state index >= 15 is 0 Å². The summed E-state index contributed by atoms with van der Waals surface area (Å²) in [5.74, 6) is -4.85. The normalized spacial score (nSPS) is 25.5. The summed E-state index contributed by atoms with van der Waals surface area (Å²) < 4.78 is 61.2. The van der Waals surface area contributed by atoms with Gasteiger partial charge in [-0.05, 0) is 44.1 Å². The summed E-state index contributed by atoms with van der Waals surface area (Å²) in [7, 11) is -2.42. The molecule has 15 heteroatoms. The molecule has 2 aromatic rings. The number of carboxylic acid groups (broad SMARTS) is 1. The predicted molar refractivity (Wildman–Crippen MR) is 147 cm³/mol. The molecule has 220 valence electrons. The molecule has 1 aliphatic carbocycles. The summed E-state index contributed by atoms with van der Waals surface area (Å²) in [6.45, 7) is 0.317. The van der Waals surface area contributed by atoms with E-state index in [1.165, 1.54) is 28.8 Å². The molecular formula is C26H27ClF2N4O6S2. The molecule has 2 N–H and O–H groups in total. The Morgan fingerprint density at radius 1 is 1.20 bits per heavy atom. The largest absolute Gasteiger partial charge is 0.478 e. The van der Waals surface area contributed by atoms with Crippen LogP contribution in [0.5, 0.6) is 0 Å². The van der Waals surface area contributed by atoms with Crippen LogP contribution in [-0.2, 0) is 24.3 Å². The number of allylic oxidation sites excluding steroid dienone is 1. The highest BCUT2D eigenvalue weighted by Gasteiger charge is 2.43. The number of carbonyl (C=O) groups is 2. The maximum absolute atomic E-state index is 14.4. The lowest BCUT2D eigenvalue weighted by molar-refractivity contribution is -0.144. The Bertz CT molecular complexity index is 1520. The maximum atomic E-state index is 14.4. The van der Waals surface area contributed by atoms with Crippen molar-refractivity contribution < 1.29 is 36.6 Å². The topological polar surface area (TPSA) is 138 Å². The van der Waals surface area contributed by atoms with Gasteiger partial charge < -0.3 is 15.2 Å². The lowest BCUT2D eigenvalue weighted by atomic mass is 9.82. The van der Waals surface area contributed by atoms with E-state index in [1.54, 1.807) is 11.6 Å². The zero-order chi connectivity index (χ0) is 29.5. The highest BCUT2D eigenvalue weighted by Crippen LogP contribution is 2.42. The zero-order valence-electron chi connectivity index (χ0n) is 21.8. The van der Waals surface area contributed by atoms with Crippen molar-refractivity contribution in [2.24, 2.45) is 16.8 Å². The Hall–Kier alpha value is -2.94. The lowest BCUT2D eigenvalue weighted by Gasteiger charge is -2.35. The summed E-state index contributed by atoms with van der Waals surface area (Å²) >= 11 is 7.40. The molecule has 2 aliphatic heterocycles. The maximum Gasteiger partial charge on any atom is 0.335 e. The molecular weight excluding hydrogens is 602 g/mol. The number of benzene rings is 1. The summed E-state index contributed by atoms with van der Waals surface area (Å²) in [5, 5.41) is 14.3. The van der Waals surface area contributed by atoms with E-state index < -0.39 is 55.8 Å². The van der Waals surface area contributed by atoms with Gasteiger partial charge in [-0.15, -0.1) is 11.3 Å². The number of sulfonamides is 1. The molecule has 0 bridgehead atoms. The third kappa shape index (κ3) is 5.62. The third-order valence-corrected chi connectivity index (χ3v) is 11.4. The average Bonchev–Trinajstić information content (AvgIpc) is 3.69. The molecule has 1 saturated heterocycles. The molecule has 1 saturated carbocycles. The lowest BCUT2D eigenvalue weighted by Crippen LogP contribution is -2.42. The first-order valence-corrected chi connectivity index (χ1v) is 15.7. The van der Waals surface area contributed by atoms with Gasteiger partial charge in [-0.1, -0.05) is 17.7 Å². The smallest absolute Gasteiger partial charge is 0.335 e. The number of carbonyl (C=O) groups excluding carboxylic acids is 1. The van der Waals surface area contributed by atoms with Gasteiger partial charge in [-0.3, -0.25) is 9.79 Å². The molecule has 3 aliphatic rings. The van der Waals surface area contributed by atoms with Crippen LogP contribution in [0.2, 0.25) is 5.02 Å². The molecule has 0 spiro atoms. The number of nitrogens with one attached hydrogen (secondary N) is 1. The third-order valence-electron chi connectivity index (χ3n) is 7.85. The number of thiazole rings is 1. The molecule has 1 aromatic heterocycles. The highest BCUT2D eigenvalue weighted by molar-refractivity contribution is 7.89. The van der Waals surface area contributed by atoms with Crippen LogP contribution >= 0.6 is 22.9 Å². The average molecular weight is 629 g/mol.